The molecule has 78 valence electrons. The molecule has 0 bridgehead atoms. The standard InChI is InChI=1S/C10H22N2O/c1-10(2)8-11-5-6-12(3)9(10)7-13-4/h9,11H,5-8H2,1-4H3. The lowest BCUT2D eigenvalue weighted by Crippen LogP contribution is -2.47. The van der Waals surface area contributed by atoms with Crippen LogP contribution in [0.5, 0.6) is 0 Å². The van der Waals surface area contributed by atoms with Crippen LogP contribution in [-0.4, -0.2) is 51.3 Å². The molecule has 13 heavy (non-hydrogen) atoms. The van der Waals surface area contributed by atoms with E-state index < -0.39 is 0 Å². The second-order valence-electron chi connectivity index (χ2n) is 4.62. The third-order valence-electron chi connectivity index (χ3n) is 2.98. The summed E-state index contributed by atoms with van der Waals surface area (Å²) in [5, 5.41) is 3.46. The number of nitrogens with zero attached hydrogens (tertiary/aromatic N) is 1. The van der Waals surface area contributed by atoms with Gasteiger partial charge < -0.3 is 10.1 Å². The Balaban J connectivity index is 2.67. The van der Waals surface area contributed by atoms with Crippen LogP contribution in [-0.2, 0) is 4.74 Å². The fourth-order valence-electron chi connectivity index (χ4n) is 2.05. The molecule has 0 aromatic carbocycles. The Morgan fingerprint density at radius 3 is 2.85 bits per heavy atom. The minimum absolute atomic E-state index is 0.293. The van der Waals surface area contributed by atoms with Gasteiger partial charge in [-0.2, -0.15) is 0 Å². The quantitative estimate of drug-likeness (QED) is 0.682. The van der Waals surface area contributed by atoms with E-state index in [2.05, 4.69) is 31.1 Å². The van der Waals surface area contributed by atoms with E-state index in [9.17, 15) is 0 Å². The van der Waals surface area contributed by atoms with Gasteiger partial charge in [0.15, 0.2) is 0 Å². The Morgan fingerprint density at radius 1 is 1.54 bits per heavy atom. The fraction of sp³-hybridized carbons (Fsp3) is 1.00. The molecule has 1 unspecified atom stereocenters. The summed E-state index contributed by atoms with van der Waals surface area (Å²) in [6.07, 6.45) is 0. The summed E-state index contributed by atoms with van der Waals surface area (Å²) in [4.78, 5) is 2.39. The van der Waals surface area contributed by atoms with Gasteiger partial charge in [0.1, 0.15) is 0 Å². The Labute approximate surface area is 81.4 Å². The van der Waals surface area contributed by atoms with Gasteiger partial charge in [-0.3, -0.25) is 4.90 Å². The number of nitrogens with one attached hydrogen (secondary N) is 1. The third-order valence-corrected chi connectivity index (χ3v) is 2.98. The minimum atomic E-state index is 0.293. The monoisotopic (exact) mass is 186 g/mol. The van der Waals surface area contributed by atoms with E-state index in [1.54, 1.807) is 7.11 Å². The molecule has 0 amide bonds. The number of likely N-dealkylation sites (N-methyl/N-ethyl adjacent to an activating group) is 1. The molecule has 1 heterocycles. The highest BCUT2D eigenvalue weighted by Gasteiger charge is 2.33. The van der Waals surface area contributed by atoms with Crippen molar-refractivity contribution in [2.24, 2.45) is 5.41 Å². The molecule has 0 spiro atoms. The highest BCUT2D eigenvalue weighted by Crippen LogP contribution is 2.25. The van der Waals surface area contributed by atoms with Crippen LogP contribution < -0.4 is 5.32 Å². The zero-order valence-corrected chi connectivity index (χ0v) is 9.26. The van der Waals surface area contributed by atoms with Gasteiger partial charge in [0, 0.05) is 32.8 Å². The van der Waals surface area contributed by atoms with Crippen molar-refractivity contribution in [1.82, 2.24) is 10.2 Å². The first-order valence-electron chi connectivity index (χ1n) is 4.98. The third kappa shape index (κ3) is 2.66. The predicted octanol–water partition coefficient (Wildman–Crippen LogP) is 0.563. The zero-order chi connectivity index (χ0) is 9.90. The molecule has 1 aliphatic rings. The van der Waals surface area contributed by atoms with Crippen LogP contribution in [0.25, 0.3) is 0 Å². The molecule has 3 heteroatoms. The van der Waals surface area contributed by atoms with E-state index in [0.717, 1.165) is 26.2 Å². The van der Waals surface area contributed by atoms with Crippen LogP contribution >= 0.6 is 0 Å². The van der Waals surface area contributed by atoms with Crippen LogP contribution in [0.3, 0.4) is 0 Å². The summed E-state index contributed by atoms with van der Waals surface area (Å²) in [5.74, 6) is 0. The number of hydrogen-bond donors (Lipinski definition) is 1. The van der Waals surface area contributed by atoms with Crippen molar-refractivity contribution in [1.29, 1.82) is 0 Å². The Morgan fingerprint density at radius 2 is 2.23 bits per heavy atom. The molecular formula is C10H22N2O. The first-order chi connectivity index (χ1) is 6.08. The van der Waals surface area contributed by atoms with Crippen molar-refractivity contribution in [2.75, 3.05) is 40.4 Å². The van der Waals surface area contributed by atoms with Gasteiger partial charge in [0.05, 0.1) is 6.61 Å². The van der Waals surface area contributed by atoms with Gasteiger partial charge in [-0.05, 0) is 12.5 Å². The predicted molar refractivity (Wildman–Crippen MR) is 54.9 cm³/mol. The molecule has 0 aromatic rings. The Kier molecular flexibility index (Phi) is 3.71. The number of ether oxygens (including phenoxy) is 1. The molecule has 1 N–H and O–H groups in total. The maximum absolute atomic E-state index is 5.27. The van der Waals surface area contributed by atoms with Crippen molar-refractivity contribution in [3.63, 3.8) is 0 Å². The summed E-state index contributed by atoms with van der Waals surface area (Å²) in [6.45, 7) is 8.69. The van der Waals surface area contributed by atoms with Gasteiger partial charge >= 0.3 is 0 Å². The number of hydrogen-bond acceptors (Lipinski definition) is 3. The molecule has 1 atom stereocenters. The van der Waals surface area contributed by atoms with Gasteiger partial charge in [-0.1, -0.05) is 13.8 Å². The van der Waals surface area contributed by atoms with Gasteiger partial charge in [0.2, 0.25) is 0 Å². The molecule has 0 aliphatic carbocycles. The van der Waals surface area contributed by atoms with Crippen LogP contribution in [0.4, 0.5) is 0 Å². The minimum Gasteiger partial charge on any atom is -0.383 e. The summed E-state index contributed by atoms with van der Waals surface area (Å²) >= 11 is 0. The van der Waals surface area contributed by atoms with Crippen molar-refractivity contribution >= 4 is 0 Å². The van der Waals surface area contributed by atoms with E-state index in [1.165, 1.54) is 0 Å². The van der Waals surface area contributed by atoms with Crippen molar-refractivity contribution in [3.05, 3.63) is 0 Å². The smallest absolute Gasteiger partial charge is 0.0623 e. The van der Waals surface area contributed by atoms with Gasteiger partial charge in [-0.25, -0.2) is 0 Å². The fourth-order valence-corrected chi connectivity index (χ4v) is 2.05. The van der Waals surface area contributed by atoms with Gasteiger partial charge in [0.25, 0.3) is 0 Å². The topological polar surface area (TPSA) is 24.5 Å². The molecule has 1 rings (SSSR count). The zero-order valence-electron chi connectivity index (χ0n) is 9.26. The Bertz CT molecular complexity index is 159. The summed E-state index contributed by atoms with van der Waals surface area (Å²) in [6, 6.07) is 0.521. The molecule has 1 fully saturated rings. The first-order valence-corrected chi connectivity index (χ1v) is 4.98. The summed E-state index contributed by atoms with van der Waals surface area (Å²) < 4.78 is 5.27. The molecule has 3 nitrogen and oxygen atoms in total. The van der Waals surface area contributed by atoms with E-state index in [1.807, 2.05) is 0 Å². The van der Waals surface area contributed by atoms with Crippen molar-refractivity contribution in [3.8, 4) is 0 Å². The van der Waals surface area contributed by atoms with Crippen LogP contribution in [0.15, 0.2) is 0 Å². The first kappa shape index (κ1) is 11.0. The SMILES string of the molecule is COCC1N(C)CCNCC1(C)C. The average Bonchev–Trinajstić information content (AvgIpc) is 2.17. The largest absolute Gasteiger partial charge is 0.383 e. The lowest BCUT2D eigenvalue weighted by molar-refractivity contribution is 0.0484. The van der Waals surface area contributed by atoms with Crippen LogP contribution in [0.2, 0.25) is 0 Å². The average molecular weight is 186 g/mol. The van der Waals surface area contributed by atoms with Crippen molar-refractivity contribution < 1.29 is 4.74 Å². The molecule has 0 radical (unpaired) electrons. The lowest BCUT2D eigenvalue weighted by atomic mass is 9.84. The normalized spacial score (nSPS) is 30.0. The maximum Gasteiger partial charge on any atom is 0.0623 e. The molecular weight excluding hydrogens is 164 g/mol. The maximum atomic E-state index is 5.27. The highest BCUT2D eigenvalue weighted by atomic mass is 16.5. The van der Waals surface area contributed by atoms with E-state index in [0.29, 0.717) is 11.5 Å². The second kappa shape index (κ2) is 4.40. The van der Waals surface area contributed by atoms with Crippen molar-refractivity contribution in [2.45, 2.75) is 19.9 Å². The second-order valence-corrected chi connectivity index (χ2v) is 4.62. The van der Waals surface area contributed by atoms with Crippen LogP contribution in [0.1, 0.15) is 13.8 Å². The van der Waals surface area contributed by atoms with E-state index >= 15 is 0 Å². The lowest BCUT2D eigenvalue weighted by Gasteiger charge is -2.37. The Hall–Kier alpha value is -0.120. The summed E-state index contributed by atoms with van der Waals surface area (Å²) in [7, 11) is 3.96. The molecule has 0 aromatic heterocycles. The number of methoxy groups -OCH3 is 1. The molecule has 1 saturated heterocycles. The van der Waals surface area contributed by atoms with Crippen LogP contribution in [0, 0.1) is 5.41 Å². The summed E-state index contributed by atoms with van der Waals surface area (Å²) in [5.41, 5.74) is 0.293. The van der Waals surface area contributed by atoms with E-state index in [-0.39, 0.29) is 0 Å². The van der Waals surface area contributed by atoms with Gasteiger partial charge in [-0.15, -0.1) is 0 Å². The molecule has 1 aliphatic heterocycles. The molecule has 0 saturated carbocycles. The van der Waals surface area contributed by atoms with E-state index in [4.69, 9.17) is 4.74 Å². The number of rotatable bonds is 2. The highest BCUT2D eigenvalue weighted by molar-refractivity contribution is 4.89.